The van der Waals surface area contributed by atoms with Gasteiger partial charge in [-0.25, -0.2) is 0 Å². The van der Waals surface area contributed by atoms with Gasteiger partial charge in [-0.3, -0.25) is 0 Å². The van der Waals surface area contributed by atoms with Crippen molar-refractivity contribution in [3.63, 3.8) is 0 Å². The van der Waals surface area contributed by atoms with Crippen LogP contribution in [0.3, 0.4) is 0 Å². The van der Waals surface area contributed by atoms with Gasteiger partial charge in [-0.1, -0.05) is 23.8 Å². The lowest BCUT2D eigenvalue weighted by Crippen LogP contribution is -2.53. The van der Waals surface area contributed by atoms with Gasteiger partial charge >= 0.3 is 6.92 Å². The molecule has 0 saturated carbocycles. The summed E-state index contributed by atoms with van der Waals surface area (Å²) >= 11 is 0. The quantitative estimate of drug-likeness (QED) is 0.451. The highest BCUT2D eigenvalue weighted by Crippen LogP contribution is 2.00. The second-order valence-electron chi connectivity index (χ2n) is 2.58. The van der Waals surface area contributed by atoms with Crippen LogP contribution >= 0.6 is 0 Å². The van der Waals surface area contributed by atoms with Gasteiger partial charge in [0.15, 0.2) is 0 Å². The summed E-state index contributed by atoms with van der Waals surface area (Å²) < 4.78 is 0. The van der Waals surface area contributed by atoms with Crippen molar-refractivity contribution in [3.05, 3.63) is 23.8 Å². The van der Waals surface area contributed by atoms with E-state index in [0.717, 1.165) is 10.9 Å². The van der Waals surface area contributed by atoms with E-state index in [0.29, 0.717) is 0 Å². The maximum Gasteiger partial charge on any atom is 0.358 e. The molecule has 1 N–H and O–H groups in total. The standard InChI is InChI=1S/C7H7BO/c1-5-2-6-4-7(3-5)8(6)9/h2-4,9H,1H3. The summed E-state index contributed by atoms with van der Waals surface area (Å²) in [6.45, 7) is 1.77. The minimum Gasteiger partial charge on any atom is -0.443 e. The molecule has 3 rings (SSSR count). The second kappa shape index (κ2) is 1.39. The molecule has 0 fully saturated rings. The molecule has 2 bridgehead atoms. The van der Waals surface area contributed by atoms with Crippen molar-refractivity contribution in [1.82, 2.24) is 0 Å². The fourth-order valence-corrected chi connectivity index (χ4v) is 1.26. The first-order valence-corrected chi connectivity index (χ1v) is 3.07. The fraction of sp³-hybridized carbons (Fsp3) is 0.143. The van der Waals surface area contributed by atoms with E-state index >= 15 is 0 Å². The van der Waals surface area contributed by atoms with Crippen molar-refractivity contribution in [2.45, 2.75) is 6.92 Å². The van der Waals surface area contributed by atoms with E-state index in [2.05, 4.69) is 0 Å². The van der Waals surface area contributed by atoms with E-state index in [1.807, 2.05) is 25.1 Å². The molecule has 2 aliphatic heterocycles. The molecule has 2 aliphatic rings. The Morgan fingerprint density at radius 3 is 2.11 bits per heavy atom. The Hall–Kier alpha value is -0.755. The first-order valence-electron chi connectivity index (χ1n) is 3.07. The van der Waals surface area contributed by atoms with Gasteiger partial charge in [-0.2, -0.15) is 0 Å². The van der Waals surface area contributed by atoms with Crippen LogP contribution in [0.25, 0.3) is 0 Å². The summed E-state index contributed by atoms with van der Waals surface area (Å²) in [7, 11) is 0. The van der Waals surface area contributed by atoms with Crippen molar-refractivity contribution in [3.8, 4) is 0 Å². The van der Waals surface area contributed by atoms with Crippen LogP contribution in [0.5, 0.6) is 0 Å². The van der Waals surface area contributed by atoms with E-state index in [9.17, 15) is 0 Å². The van der Waals surface area contributed by atoms with Crippen LogP contribution < -0.4 is 10.9 Å². The van der Waals surface area contributed by atoms with Crippen LogP contribution in [-0.2, 0) is 0 Å². The lowest BCUT2D eigenvalue weighted by molar-refractivity contribution is 0.597. The predicted molar refractivity (Wildman–Crippen MR) is 38.4 cm³/mol. The topological polar surface area (TPSA) is 20.2 Å². The Morgan fingerprint density at radius 2 is 1.78 bits per heavy atom. The summed E-state index contributed by atoms with van der Waals surface area (Å²) in [6, 6.07) is 6.03. The van der Waals surface area contributed by atoms with Gasteiger partial charge < -0.3 is 5.02 Å². The third-order valence-electron chi connectivity index (χ3n) is 1.75. The largest absolute Gasteiger partial charge is 0.443 e. The molecule has 9 heavy (non-hydrogen) atoms. The average Bonchev–Trinajstić information content (AvgIpc) is 1.87. The summed E-state index contributed by atoms with van der Waals surface area (Å²) in [5.41, 5.74) is 3.36. The third-order valence-corrected chi connectivity index (χ3v) is 1.75. The van der Waals surface area contributed by atoms with Crippen molar-refractivity contribution < 1.29 is 5.02 Å². The average molecular weight is 118 g/mol. The first-order chi connectivity index (χ1) is 4.27. The van der Waals surface area contributed by atoms with Crippen molar-refractivity contribution in [2.75, 3.05) is 0 Å². The zero-order chi connectivity index (χ0) is 6.43. The summed E-state index contributed by atoms with van der Waals surface area (Å²) in [5, 5.41) is 9.16. The number of fused-ring (bicyclic) bond motifs is 2. The van der Waals surface area contributed by atoms with Gasteiger partial charge in [-0.15, -0.1) is 0 Å². The maximum atomic E-state index is 9.16. The molecule has 1 aromatic rings. The number of hydrogen-bond donors (Lipinski definition) is 1. The highest BCUT2D eigenvalue weighted by atomic mass is 16.2. The molecule has 0 amide bonds. The van der Waals surface area contributed by atoms with E-state index < -0.39 is 0 Å². The van der Waals surface area contributed by atoms with Crippen LogP contribution in [0.1, 0.15) is 5.56 Å². The Balaban J connectivity index is 2.60. The molecule has 0 atom stereocenters. The molecule has 0 spiro atoms. The lowest BCUT2D eigenvalue weighted by Gasteiger charge is -2.19. The molecule has 0 saturated heterocycles. The van der Waals surface area contributed by atoms with Gasteiger partial charge in [-0.05, 0) is 17.8 Å². The summed E-state index contributed by atoms with van der Waals surface area (Å²) in [5.74, 6) is 0. The Bertz CT molecular complexity index is 235. The number of aryl methyl sites for hydroxylation is 1. The molecule has 2 heterocycles. The van der Waals surface area contributed by atoms with E-state index in [4.69, 9.17) is 5.02 Å². The van der Waals surface area contributed by atoms with E-state index in [1.165, 1.54) is 5.56 Å². The number of benzene rings is 1. The van der Waals surface area contributed by atoms with Crippen molar-refractivity contribution in [2.24, 2.45) is 0 Å². The van der Waals surface area contributed by atoms with Gasteiger partial charge in [0.2, 0.25) is 0 Å². The van der Waals surface area contributed by atoms with Crippen molar-refractivity contribution >= 4 is 17.8 Å². The summed E-state index contributed by atoms with van der Waals surface area (Å²) in [4.78, 5) is 0. The van der Waals surface area contributed by atoms with Crippen LogP contribution in [0.15, 0.2) is 18.2 Å². The summed E-state index contributed by atoms with van der Waals surface area (Å²) in [6.07, 6.45) is 0. The SMILES string of the molecule is Cc1cc2cc(c1)B2O. The number of hydrogen-bond acceptors (Lipinski definition) is 1. The van der Waals surface area contributed by atoms with E-state index in [1.54, 1.807) is 0 Å². The molecule has 1 aromatic carbocycles. The smallest absolute Gasteiger partial charge is 0.358 e. The number of rotatable bonds is 0. The first kappa shape index (κ1) is 5.06. The predicted octanol–water partition coefficient (Wildman–Crippen LogP) is -0.594. The Labute approximate surface area is 54.4 Å². The van der Waals surface area contributed by atoms with Crippen LogP contribution in [0.4, 0.5) is 0 Å². The molecule has 0 unspecified atom stereocenters. The molecule has 0 radical (unpaired) electrons. The van der Waals surface area contributed by atoms with E-state index in [-0.39, 0.29) is 6.92 Å². The molecule has 44 valence electrons. The zero-order valence-electron chi connectivity index (χ0n) is 5.26. The maximum absolute atomic E-state index is 9.16. The highest BCUT2D eigenvalue weighted by molar-refractivity contribution is 6.83. The minimum atomic E-state index is -0.270. The normalized spacial score (nSPS) is 13.3. The van der Waals surface area contributed by atoms with Gasteiger partial charge in [0.05, 0.1) is 0 Å². The molecule has 1 nitrogen and oxygen atoms in total. The van der Waals surface area contributed by atoms with Crippen LogP contribution in [0, 0.1) is 6.92 Å². The Morgan fingerprint density at radius 1 is 1.22 bits per heavy atom. The molecular weight excluding hydrogens is 111 g/mol. The fourth-order valence-electron chi connectivity index (χ4n) is 1.26. The zero-order valence-corrected chi connectivity index (χ0v) is 5.26. The molecular formula is C7H7BO. The monoisotopic (exact) mass is 118 g/mol. The highest BCUT2D eigenvalue weighted by Gasteiger charge is 2.26. The third kappa shape index (κ3) is 0.538. The van der Waals surface area contributed by atoms with Crippen LogP contribution in [0.2, 0.25) is 0 Å². The van der Waals surface area contributed by atoms with Gasteiger partial charge in [0.1, 0.15) is 0 Å². The van der Waals surface area contributed by atoms with Gasteiger partial charge in [0, 0.05) is 0 Å². The lowest BCUT2D eigenvalue weighted by atomic mass is 9.47. The minimum absolute atomic E-state index is 0.270. The van der Waals surface area contributed by atoms with Gasteiger partial charge in [0.25, 0.3) is 0 Å². The second-order valence-corrected chi connectivity index (χ2v) is 2.58. The molecule has 2 heteroatoms. The van der Waals surface area contributed by atoms with Crippen LogP contribution in [-0.4, -0.2) is 11.9 Å². The van der Waals surface area contributed by atoms with Crippen molar-refractivity contribution in [1.29, 1.82) is 0 Å². The molecule has 0 aromatic heterocycles. The Kier molecular flexibility index (Phi) is 0.783. The molecule has 0 aliphatic carbocycles.